The second-order valence-electron chi connectivity index (χ2n) is 6.15. The van der Waals surface area contributed by atoms with Crippen LogP contribution in [0.1, 0.15) is 19.8 Å². The van der Waals surface area contributed by atoms with Crippen molar-refractivity contribution < 1.29 is 9.53 Å². The molecule has 25 heavy (non-hydrogen) atoms. The largest absolute Gasteiger partial charge is 0.383 e. The van der Waals surface area contributed by atoms with Gasteiger partial charge in [-0.25, -0.2) is 4.98 Å². The van der Waals surface area contributed by atoms with E-state index in [9.17, 15) is 9.59 Å². The van der Waals surface area contributed by atoms with Crippen molar-refractivity contribution in [3.63, 3.8) is 0 Å². The van der Waals surface area contributed by atoms with Crippen LogP contribution in [0.5, 0.6) is 0 Å². The third-order valence-electron chi connectivity index (χ3n) is 4.39. The van der Waals surface area contributed by atoms with Gasteiger partial charge in [0.05, 0.1) is 29.3 Å². The lowest BCUT2D eigenvalue weighted by Crippen LogP contribution is -2.35. The summed E-state index contributed by atoms with van der Waals surface area (Å²) in [5, 5.41) is 0.877. The number of hydrogen-bond donors (Lipinski definition) is 0. The summed E-state index contributed by atoms with van der Waals surface area (Å²) in [7, 11) is 1.60. The monoisotopic (exact) mass is 361 g/mol. The summed E-state index contributed by atoms with van der Waals surface area (Å²) in [6, 6.07) is 7.30. The zero-order valence-electron chi connectivity index (χ0n) is 14.6. The molecule has 1 atom stereocenters. The molecular weight excluding hydrogens is 338 g/mol. The lowest BCUT2D eigenvalue weighted by atomic mass is 10.2. The number of aromatic nitrogens is 2. The number of carbonyl (C=O) groups excluding carboxylic acids is 1. The SMILES string of the molecule is COCCn1c(S[C@H](C)C(=O)N2CCCC2)nc2ccccc2c1=O. The van der Waals surface area contributed by atoms with Gasteiger partial charge in [0.1, 0.15) is 0 Å². The number of fused-ring (bicyclic) bond motifs is 1. The molecule has 2 aromatic rings. The van der Waals surface area contributed by atoms with Crippen LogP contribution in [0, 0.1) is 0 Å². The molecule has 0 spiro atoms. The normalized spacial score (nSPS) is 15.7. The molecule has 1 aliphatic rings. The van der Waals surface area contributed by atoms with Crippen LogP contribution in [-0.4, -0.2) is 52.4 Å². The van der Waals surface area contributed by atoms with Crippen LogP contribution in [0.2, 0.25) is 0 Å². The quantitative estimate of drug-likeness (QED) is 0.583. The second-order valence-corrected chi connectivity index (χ2v) is 7.46. The highest BCUT2D eigenvalue weighted by molar-refractivity contribution is 8.00. The van der Waals surface area contributed by atoms with Crippen LogP contribution >= 0.6 is 11.8 Å². The number of methoxy groups -OCH3 is 1. The number of para-hydroxylation sites is 1. The number of carbonyl (C=O) groups is 1. The Morgan fingerprint density at radius 3 is 2.76 bits per heavy atom. The van der Waals surface area contributed by atoms with E-state index in [0.29, 0.717) is 29.2 Å². The van der Waals surface area contributed by atoms with E-state index in [-0.39, 0.29) is 16.7 Å². The topological polar surface area (TPSA) is 64.4 Å². The van der Waals surface area contributed by atoms with Crippen molar-refractivity contribution in [1.82, 2.24) is 14.5 Å². The van der Waals surface area contributed by atoms with E-state index >= 15 is 0 Å². The molecule has 1 fully saturated rings. The van der Waals surface area contributed by atoms with Crippen LogP contribution in [-0.2, 0) is 16.1 Å². The van der Waals surface area contributed by atoms with E-state index in [2.05, 4.69) is 4.98 Å². The second kappa shape index (κ2) is 8.01. The van der Waals surface area contributed by atoms with E-state index in [0.717, 1.165) is 25.9 Å². The van der Waals surface area contributed by atoms with Gasteiger partial charge in [-0.3, -0.25) is 14.2 Å². The summed E-state index contributed by atoms with van der Waals surface area (Å²) >= 11 is 1.35. The van der Waals surface area contributed by atoms with Crippen molar-refractivity contribution in [2.45, 2.75) is 36.7 Å². The van der Waals surface area contributed by atoms with E-state index in [1.54, 1.807) is 17.7 Å². The van der Waals surface area contributed by atoms with E-state index in [4.69, 9.17) is 4.74 Å². The van der Waals surface area contributed by atoms with Crippen LogP contribution in [0.4, 0.5) is 0 Å². The molecule has 1 aliphatic heterocycles. The maximum Gasteiger partial charge on any atom is 0.262 e. The summed E-state index contributed by atoms with van der Waals surface area (Å²) in [4.78, 5) is 31.9. The highest BCUT2D eigenvalue weighted by atomic mass is 32.2. The predicted molar refractivity (Wildman–Crippen MR) is 99.0 cm³/mol. The molecule has 0 saturated carbocycles. The van der Waals surface area contributed by atoms with Gasteiger partial charge in [0.15, 0.2) is 5.16 Å². The van der Waals surface area contributed by atoms with Crippen LogP contribution in [0.15, 0.2) is 34.2 Å². The number of ether oxygens (including phenoxy) is 1. The molecule has 0 N–H and O–H groups in total. The van der Waals surface area contributed by atoms with Crippen molar-refractivity contribution in [1.29, 1.82) is 0 Å². The number of thioether (sulfide) groups is 1. The molecule has 134 valence electrons. The smallest absolute Gasteiger partial charge is 0.262 e. The Morgan fingerprint density at radius 2 is 2.04 bits per heavy atom. The lowest BCUT2D eigenvalue weighted by molar-refractivity contribution is -0.129. The third kappa shape index (κ3) is 3.88. The predicted octanol–water partition coefficient (Wildman–Crippen LogP) is 2.15. The zero-order chi connectivity index (χ0) is 17.8. The van der Waals surface area contributed by atoms with Crippen molar-refractivity contribution in [2.24, 2.45) is 0 Å². The van der Waals surface area contributed by atoms with Crippen molar-refractivity contribution >= 4 is 28.6 Å². The molecule has 6 nitrogen and oxygen atoms in total. The maximum atomic E-state index is 12.8. The summed E-state index contributed by atoms with van der Waals surface area (Å²) in [5.74, 6) is 0.114. The van der Waals surface area contributed by atoms with Crippen molar-refractivity contribution in [3.05, 3.63) is 34.6 Å². The molecule has 1 amide bonds. The Hall–Kier alpha value is -1.86. The standard InChI is InChI=1S/C18H23N3O3S/c1-13(16(22)20-9-5-6-10-20)25-18-19-15-8-4-3-7-14(15)17(23)21(18)11-12-24-2/h3-4,7-8,13H,5-6,9-12H2,1-2H3/t13-/m1/s1. The highest BCUT2D eigenvalue weighted by Crippen LogP contribution is 2.25. The molecule has 7 heteroatoms. The van der Waals surface area contributed by atoms with Crippen molar-refractivity contribution in [2.75, 3.05) is 26.8 Å². The average Bonchev–Trinajstić information content (AvgIpc) is 3.15. The Morgan fingerprint density at radius 1 is 1.32 bits per heavy atom. The molecule has 0 unspecified atom stereocenters. The number of rotatable bonds is 6. The fourth-order valence-electron chi connectivity index (χ4n) is 3.02. The average molecular weight is 361 g/mol. The molecule has 1 aromatic heterocycles. The molecule has 3 rings (SSSR count). The van der Waals surface area contributed by atoms with Gasteiger partial charge in [-0.2, -0.15) is 0 Å². The molecule has 2 heterocycles. The maximum absolute atomic E-state index is 12.8. The number of likely N-dealkylation sites (tertiary alicyclic amines) is 1. The number of nitrogens with zero attached hydrogens (tertiary/aromatic N) is 3. The van der Waals surface area contributed by atoms with Gasteiger partial charge in [-0.05, 0) is 31.9 Å². The van der Waals surface area contributed by atoms with Gasteiger partial charge in [0, 0.05) is 20.2 Å². The Labute approximate surface area is 151 Å². The highest BCUT2D eigenvalue weighted by Gasteiger charge is 2.25. The molecule has 0 radical (unpaired) electrons. The third-order valence-corrected chi connectivity index (χ3v) is 5.47. The first-order valence-electron chi connectivity index (χ1n) is 8.56. The van der Waals surface area contributed by atoms with Crippen LogP contribution < -0.4 is 5.56 Å². The first-order chi connectivity index (χ1) is 12.1. The van der Waals surface area contributed by atoms with Gasteiger partial charge in [0.2, 0.25) is 5.91 Å². The van der Waals surface area contributed by atoms with Crippen LogP contribution in [0.3, 0.4) is 0 Å². The zero-order valence-corrected chi connectivity index (χ0v) is 15.4. The van der Waals surface area contributed by atoms with E-state index in [1.165, 1.54) is 11.8 Å². The Bertz CT molecular complexity index is 815. The van der Waals surface area contributed by atoms with Gasteiger partial charge >= 0.3 is 0 Å². The molecule has 0 aliphatic carbocycles. The Kier molecular flexibility index (Phi) is 5.75. The van der Waals surface area contributed by atoms with Gasteiger partial charge in [-0.15, -0.1) is 0 Å². The van der Waals surface area contributed by atoms with Crippen LogP contribution in [0.25, 0.3) is 10.9 Å². The minimum atomic E-state index is -0.278. The summed E-state index contributed by atoms with van der Waals surface area (Å²) in [6.45, 7) is 4.37. The first kappa shape index (κ1) is 17.9. The Balaban J connectivity index is 1.92. The molecule has 0 bridgehead atoms. The van der Waals surface area contributed by atoms with Gasteiger partial charge in [-0.1, -0.05) is 23.9 Å². The molecule has 1 saturated heterocycles. The van der Waals surface area contributed by atoms with E-state index < -0.39 is 0 Å². The number of hydrogen-bond acceptors (Lipinski definition) is 5. The minimum Gasteiger partial charge on any atom is -0.383 e. The fraction of sp³-hybridized carbons (Fsp3) is 0.500. The minimum absolute atomic E-state index is 0.0917. The first-order valence-corrected chi connectivity index (χ1v) is 9.43. The number of benzene rings is 1. The van der Waals surface area contributed by atoms with Crippen molar-refractivity contribution in [3.8, 4) is 0 Å². The molecule has 1 aromatic carbocycles. The molecular formula is C18H23N3O3S. The summed E-state index contributed by atoms with van der Waals surface area (Å²) in [5.41, 5.74) is 0.565. The summed E-state index contributed by atoms with van der Waals surface area (Å²) in [6.07, 6.45) is 2.13. The lowest BCUT2D eigenvalue weighted by Gasteiger charge is -2.21. The fourth-order valence-corrected chi connectivity index (χ4v) is 4.04. The summed E-state index contributed by atoms with van der Waals surface area (Å²) < 4.78 is 6.74. The number of amides is 1. The van der Waals surface area contributed by atoms with Gasteiger partial charge in [0.25, 0.3) is 5.56 Å². The van der Waals surface area contributed by atoms with E-state index in [1.807, 2.05) is 30.0 Å². The van der Waals surface area contributed by atoms with Gasteiger partial charge < -0.3 is 9.64 Å².